The van der Waals surface area contributed by atoms with E-state index in [9.17, 15) is 23.1 Å². The first-order valence-corrected chi connectivity index (χ1v) is 9.58. The number of carbonyl (C=O) groups excluding carboxylic acids is 1. The summed E-state index contributed by atoms with van der Waals surface area (Å²) < 4.78 is 26.9. The van der Waals surface area contributed by atoms with Gasteiger partial charge in [-0.25, -0.2) is 8.42 Å². The van der Waals surface area contributed by atoms with Crippen molar-refractivity contribution in [3.8, 4) is 0 Å². The van der Waals surface area contributed by atoms with Gasteiger partial charge in [-0.15, -0.1) is 0 Å². The largest absolute Gasteiger partial charge is 0.480 e. The van der Waals surface area contributed by atoms with Gasteiger partial charge in [0.15, 0.2) is 0 Å². The molecular formula is C16H23ClN2O5S. The molecule has 140 valence electrons. The van der Waals surface area contributed by atoms with Gasteiger partial charge in [0.1, 0.15) is 10.9 Å². The summed E-state index contributed by atoms with van der Waals surface area (Å²) in [7, 11) is -4.16. The highest BCUT2D eigenvalue weighted by Gasteiger charge is 2.34. The Hall–Kier alpha value is -1.64. The monoisotopic (exact) mass is 390 g/mol. The van der Waals surface area contributed by atoms with Crippen molar-refractivity contribution in [3.05, 3.63) is 28.8 Å². The Morgan fingerprint density at radius 3 is 2.36 bits per heavy atom. The number of carboxylic acid groups (broad SMARTS) is 1. The van der Waals surface area contributed by atoms with Crippen molar-refractivity contribution in [1.82, 2.24) is 9.62 Å². The number of carbonyl (C=O) groups is 2. The number of hydrogen-bond acceptors (Lipinski definition) is 4. The van der Waals surface area contributed by atoms with E-state index >= 15 is 0 Å². The average Bonchev–Trinajstić information content (AvgIpc) is 2.50. The Bertz CT molecular complexity index is 749. The molecule has 1 aromatic rings. The molecule has 0 bridgehead atoms. The van der Waals surface area contributed by atoms with Crippen LogP contribution in [0.4, 0.5) is 0 Å². The zero-order valence-electron chi connectivity index (χ0n) is 14.6. The Morgan fingerprint density at radius 1 is 1.28 bits per heavy atom. The van der Waals surface area contributed by atoms with Crippen molar-refractivity contribution < 1.29 is 23.1 Å². The Morgan fingerprint density at radius 2 is 1.88 bits per heavy atom. The molecule has 0 radical (unpaired) electrons. The van der Waals surface area contributed by atoms with Crippen LogP contribution in [0.15, 0.2) is 23.1 Å². The second kappa shape index (κ2) is 8.64. The van der Waals surface area contributed by atoms with Crippen molar-refractivity contribution >= 4 is 33.5 Å². The summed E-state index contributed by atoms with van der Waals surface area (Å²) in [5.41, 5.74) is 0.771. The Labute approximate surface area is 153 Å². The lowest BCUT2D eigenvalue weighted by Gasteiger charge is -2.26. The summed E-state index contributed by atoms with van der Waals surface area (Å²) in [6.45, 7) is 6.20. The molecule has 0 aromatic heterocycles. The van der Waals surface area contributed by atoms with E-state index in [4.69, 9.17) is 11.6 Å². The summed E-state index contributed by atoms with van der Waals surface area (Å²) in [4.78, 5) is 22.2. The van der Waals surface area contributed by atoms with Crippen LogP contribution in [-0.4, -0.2) is 48.8 Å². The number of carboxylic acids is 1. The molecule has 2 N–H and O–H groups in total. The second-order valence-corrected chi connectivity index (χ2v) is 8.22. The van der Waals surface area contributed by atoms with Crippen LogP contribution >= 0.6 is 11.6 Å². The van der Waals surface area contributed by atoms with E-state index < -0.39 is 22.0 Å². The Balaban J connectivity index is 3.33. The number of rotatable bonds is 8. The second-order valence-electron chi connectivity index (χ2n) is 5.96. The van der Waals surface area contributed by atoms with Crippen LogP contribution in [0.3, 0.4) is 0 Å². The molecule has 0 heterocycles. The van der Waals surface area contributed by atoms with E-state index in [2.05, 4.69) is 5.32 Å². The summed E-state index contributed by atoms with van der Waals surface area (Å²) >= 11 is 6.08. The molecule has 1 amide bonds. The number of nitrogens with zero attached hydrogens (tertiary/aromatic N) is 1. The number of sulfonamides is 1. The van der Waals surface area contributed by atoms with E-state index in [1.807, 2.05) is 13.8 Å². The number of nitrogens with one attached hydrogen (secondary N) is 1. The third-order valence-electron chi connectivity index (χ3n) is 3.70. The molecule has 25 heavy (non-hydrogen) atoms. The highest BCUT2D eigenvalue weighted by atomic mass is 35.5. The van der Waals surface area contributed by atoms with Gasteiger partial charge in [0.05, 0.1) is 5.02 Å². The first-order chi connectivity index (χ1) is 11.5. The minimum absolute atomic E-state index is 0.00628. The Kier molecular flexibility index (Phi) is 7.40. The molecule has 0 saturated carbocycles. The zero-order chi connectivity index (χ0) is 19.4. The van der Waals surface area contributed by atoms with Gasteiger partial charge in [-0.3, -0.25) is 9.59 Å². The maximum Gasteiger partial charge on any atom is 0.321 e. The first-order valence-electron chi connectivity index (χ1n) is 7.77. The SMILES string of the molecule is CC(=O)NCCN(C(C)C(=O)O)S(=O)(=O)c1cc(C(C)C)ccc1Cl. The van der Waals surface area contributed by atoms with Crippen LogP contribution in [0.25, 0.3) is 0 Å². The van der Waals surface area contributed by atoms with Crippen LogP contribution < -0.4 is 5.32 Å². The molecule has 0 aliphatic carbocycles. The van der Waals surface area contributed by atoms with Crippen molar-refractivity contribution in [2.45, 2.75) is 44.6 Å². The van der Waals surface area contributed by atoms with Gasteiger partial charge >= 0.3 is 5.97 Å². The van der Waals surface area contributed by atoms with E-state index in [1.54, 1.807) is 6.07 Å². The van der Waals surface area contributed by atoms with Crippen LogP contribution in [0.1, 0.15) is 39.2 Å². The molecule has 0 fully saturated rings. The van der Waals surface area contributed by atoms with Crippen LogP contribution in [0.2, 0.25) is 5.02 Å². The van der Waals surface area contributed by atoms with Crippen molar-refractivity contribution in [3.63, 3.8) is 0 Å². The van der Waals surface area contributed by atoms with Crippen molar-refractivity contribution in [2.75, 3.05) is 13.1 Å². The number of hydrogen-bond donors (Lipinski definition) is 2. The van der Waals surface area contributed by atoms with Gasteiger partial charge in [-0.05, 0) is 30.5 Å². The van der Waals surface area contributed by atoms with E-state index in [-0.39, 0.29) is 34.8 Å². The fourth-order valence-corrected chi connectivity index (χ4v) is 4.29. The van der Waals surface area contributed by atoms with Gasteiger partial charge < -0.3 is 10.4 Å². The van der Waals surface area contributed by atoms with Gasteiger partial charge in [0.2, 0.25) is 15.9 Å². The highest BCUT2D eigenvalue weighted by Crippen LogP contribution is 2.29. The molecule has 1 atom stereocenters. The maximum atomic E-state index is 13.0. The maximum absolute atomic E-state index is 13.0. The number of aliphatic carboxylic acids is 1. The van der Waals surface area contributed by atoms with Crippen LogP contribution in [0, 0.1) is 0 Å². The quantitative estimate of drug-likeness (QED) is 0.707. The molecule has 0 aliphatic heterocycles. The van der Waals surface area contributed by atoms with Crippen molar-refractivity contribution in [1.29, 1.82) is 0 Å². The summed E-state index contributed by atoms with van der Waals surface area (Å²) in [5, 5.41) is 11.7. The van der Waals surface area contributed by atoms with Crippen LogP contribution in [0.5, 0.6) is 0 Å². The molecule has 0 saturated heterocycles. The number of benzene rings is 1. The van der Waals surface area contributed by atoms with E-state index in [0.717, 1.165) is 9.87 Å². The van der Waals surface area contributed by atoms with Crippen LogP contribution in [-0.2, 0) is 19.6 Å². The molecule has 0 spiro atoms. The first kappa shape index (κ1) is 21.4. The van der Waals surface area contributed by atoms with Gasteiger partial charge in [0, 0.05) is 20.0 Å². The van der Waals surface area contributed by atoms with Gasteiger partial charge in [-0.2, -0.15) is 4.31 Å². The predicted molar refractivity (Wildman–Crippen MR) is 95.2 cm³/mol. The van der Waals surface area contributed by atoms with E-state index in [0.29, 0.717) is 0 Å². The minimum Gasteiger partial charge on any atom is -0.480 e. The highest BCUT2D eigenvalue weighted by molar-refractivity contribution is 7.89. The smallest absolute Gasteiger partial charge is 0.321 e. The molecular weight excluding hydrogens is 368 g/mol. The lowest BCUT2D eigenvalue weighted by molar-refractivity contribution is -0.140. The predicted octanol–water partition coefficient (Wildman–Crippen LogP) is 2.06. The van der Waals surface area contributed by atoms with Gasteiger partial charge in [0.25, 0.3) is 0 Å². The summed E-state index contributed by atoms with van der Waals surface area (Å²) in [6, 6.07) is 3.37. The standard InChI is InChI=1S/C16H23ClN2O5S/c1-10(2)13-5-6-14(17)15(9-13)25(23,24)19(11(3)16(21)22)8-7-18-12(4)20/h5-6,9-11H,7-8H2,1-4H3,(H,18,20)(H,21,22). The minimum atomic E-state index is -4.16. The van der Waals surface area contributed by atoms with E-state index in [1.165, 1.54) is 26.0 Å². The molecule has 9 heteroatoms. The molecule has 1 rings (SSSR count). The average molecular weight is 391 g/mol. The van der Waals surface area contributed by atoms with Gasteiger partial charge in [-0.1, -0.05) is 31.5 Å². The lowest BCUT2D eigenvalue weighted by atomic mass is 10.0. The topological polar surface area (TPSA) is 104 Å². The number of halogens is 1. The third kappa shape index (κ3) is 5.42. The molecule has 1 unspecified atom stereocenters. The normalized spacial score (nSPS) is 13.1. The van der Waals surface area contributed by atoms with Crippen molar-refractivity contribution in [2.24, 2.45) is 0 Å². The summed E-state index contributed by atoms with van der Waals surface area (Å²) in [5.74, 6) is -1.54. The molecule has 1 aromatic carbocycles. The fourth-order valence-electron chi connectivity index (χ4n) is 2.19. The molecule has 7 nitrogen and oxygen atoms in total. The fraction of sp³-hybridized carbons (Fsp3) is 0.500. The zero-order valence-corrected chi connectivity index (χ0v) is 16.2. The third-order valence-corrected chi connectivity index (χ3v) is 6.16. The lowest BCUT2D eigenvalue weighted by Crippen LogP contribution is -2.46. The summed E-state index contributed by atoms with van der Waals surface area (Å²) in [6.07, 6.45) is 0. The molecule has 0 aliphatic rings. The number of amides is 1.